The molecule has 0 aromatic heterocycles. The number of aryl methyl sites for hydroxylation is 1. The Kier molecular flexibility index (Phi) is 4.21. The van der Waals surface area contributed by atoms with E-state index in [0.717, 1.165) is 25.0 Å². The van der Waals surface area contributed by atoms with Crippen molar-refractivity contribution in [1.82, 2.24) is 5.32 Å². The Morgan fingerprint density at radius 1 is 1.35 bits per heavy atom. The first-order valence-electron chi connectivity index (χ1n) is 7.03. The maximum absolute atomic E-state index is 11.8. The minimum atomic E-state index is -0.464. The summed E-state index contributed by atoms with van der Waals surface area (Å²) in [7, 11) is 1.68. The van der Waals surface area contributed by atoms with Gasteiger partial charge in [0.1, 0.15) is 11.4 Å². The zero-order chi connectivity index (χ0) is 14.8. The second-order valence-electron chi connectivity index (χ2n) is 6.18. The minimum Gasteiger partial charge on any atom is -0.496 e. The fourth-order valence-electron chi connectivity index (χ4n) is 2.54. The summed E-state index contributed by atoms with van der Waals surface area (Å²) in [6.45, 7) is 5.60. The summed E-state index contributed by atoms with van der Waals surface area (Å²) in [4.78, 5) is 11.8. The van der Waals surface area contributed by atoms with E-state index in [4.69, 9.17) is 9.47 Å². The molecular weight excluding hydrogens is 254 g/mol. The quantitative estimate of drug-likeness (QED) is 0.903. The molecule has 0 heterocycles. The molecule has 1 aliphatic carbocycles. The van der Waals surface area contributed by atoms with Crippen LogP contribution in [0.5, 0.6) is 5.75 Å². The van der Waals surface area contributed by atoms with Crippen LogP contribution in [0.1, 0.15) is 38.3 Å². The van der Waals surface area contributed by atoms with Crippen LogP contribution in [0, 0.1) is 0 Å². The predicted octanol–water partition coefficient (Wildman–Crippen LogP) is 3.08. The van der Waals surface area contributed by atoms with Crippen molar-refractivity contribution >= 4 is 6.09 Å². The van der Waals surface area contributed by atoms with Gasteiger partial charge in [-0.25, -0.2) is 4.79 Å². The maximum atomic E-state index is 11.8. The summed E-state index contributed by atoms with van der Waals surface area (Å²) in [6.07, 6.45) is 2.33. The van der Waals surface area contributed by atoms with Crippen LogP contribution >= 0.6 is 0 Å². The van der Waals surface area contributed by atoms with Crippen molar-refractivity contribution in [1.29, 1.82) is 0 Å². The van der Waals surface area contributed by atoms with Gasteiger partial charge in [0.25, 0.3) is 0 Å². The van der Waals surface area contributed by atoms with Gasteiger partial charge < -0.3 is 14.8 Å². The smallest absolute Gasteiger partial charge is 0.407 e. The number of amides is 1. The third-order valence-corrected chi connectivity index (χ3v) is 3.38. The Morgan fingerprint density at radius 3 is 2.75 bits per heavy atom. The standard InChI is InChI=1S/C16H23NO3/c1-16(2,3)20-15(18)17-12-9-8-11-6-5-7-14(19-4)13(11)10-12/h5-7,12H,8-10H2,1-4H3,(H,17,18). The summed E-state index contributed by atoms with van der Waals surface area (Å²) in [5, 5.41) is 2.95. The van der Waals surface area contributed by atoms with Crippen molar-refractivity contribution in [2.45, 2.75) is 51.7 Å². The second kappa shape index (κ2) is 5.73. The lowest BCUT2D eigenvalue weighted by atomic mass is 9.88. The number of hydrogen-bond acceptors (Lipinski definition) is 3. The molecule has 0 bridgehead atoms. The molecule has 2 rings (SSSR count). The molecule has 1 aliphatic rings. The van der Waals surface area contributed by atoms with Crippen molar-refractivity contribution in [2.75, 3.05) is 7.11 Å². The van der Waals surface area contributed by atoms with E-state index < -0.39 is 5.60 Å². The zero-order valence-electron chi connectivity index (χ0n) is 12.7. The Morgan fingerprint density at radius 2 is 2.10 bits per heavy atom. The van der Waals surface area contributed by atoms with E-state index in [-0.39, 0.29) is 12.1 Å². The number of alkyl carbamates (subject to hydrolysis) is 1. The zero-order valence-corrected chi connectivity index (χ0v) is 12.7. The first-order valence-corrected chi connectivity index (χ1v) is 7.03. The molecule has 110 valence electrons. The molecule has 0 saturated heterocycles. The number of carbonyl (C=O) groups excluding carboxylic acids is 1. The van der Waals surface area contributed by atoms with E-state index in [1.54, 1.807) is 7.11 Å². The highest BCUT2D eigenvalue weighted by atomic mass is 16.6. The normalized spacial score (nSPS) is 18.1. The monoisotopic (exact) mass is 277 g/mol. The first kappa shape index (κ1) is 14.7. The van der Waals surface area contributed by atoms with Crippen LogP contribution in [0.15, 0.2) is 18.2 Å². The lowest BCUT2D eigenvalue weighted by molar-refractivity contribution is 0.0500. The van der Waals surface area contributed by atoms with Crippen LogP contribution in [0.25, 0.3) is 0 Å². The fraction of sp³-hybridized carbons (Fsp3) is 0.562. The van der Waals surface area contributed by atoms with Crippen molar-refractivity contribution in [2.24, 2.45) is 0 Å². The van der Waals surface area contributed by atoms with Gasteiger partial charge in [-0.1, -0.05) is 12.1 Å². The number of hydrogen-bond donors (Lipinski definition) is 1. The van der Waals surface area contributed by atoms with E-state index in [9.17, 15) is 4.79 Å². The number of rotatable bonds is 2. The molecule has 1 atom stereocenters. The third kappa shape index (κ3) is 3.65. The van der Waals surface area contributed by atoms with Gasteiger partial charge in [0.15, 0.2) is 0 Å². The highest BCUT2D eigenvalue weighted by molar-refractivity contribution is 5.68. The van der Waals surface area contributed by atoms with Crippen LogP contribution in [0.4, 0.5) is 4.79 Å². The molecule has 0 spiro atoms. The maximum Gasteiger partial charge on any atom is 0.407 e. The number of benzene rings is 1. The minimum absolute atomic E-state index is 0.105. The van der Waals surface area contributed by atoms with Gasteiger partial charge >= 0.3 is 6.09 Å². The van der Waals surface area contributed by atoms with Crippen LogP contribution in [-0.4, -0.2) is 24.8 Å². The number of ether oxygens (including phenoxy) is 2. The van der Waals surface area contributed by atoms with Gasteiger partial charge in [0.2, 0.25) is 0 Å². The Balaban J connectivity index is 2.02. The summed E-state index contributed by atoms with van der Waals surface area (Å²) in [5.41, 5.74) is 2.04. The van der Waals surface area contributed by atoms with Gasteiger partial charge in [-0.05, 0) is 57.2 Å². The van der Waals surface area contributed by atoms with E-state index in [1.165, 1.54) is 11.1 Å². The van der Waals surface area contributed by atoms with Gasteiger partial charge in [0, 0.05) is 6.04 Å². The SMILES string of the molecule is COc1cccc2c1CC(NC(=O)OC(C)(C)C)CC2. The number of fused-ring (bicyclic) bond motifs is 1. The molecule has 0 fully saturated rings. The Labute approximate surface area is 120 Å². The number of nitrogens with one attached hydrogen (secondary N) is 1. The Bertz CT molecular complexity index is 477. The molecule has 20 heavy (non-hydrogen) atoms. The van der Waals surface area contributed by atoms with Gasteiger partial charge in [-0.3, -0.25) is 0 Å². The molecule has 0 radical (unpaired) electrons. The lowest BCUT2D eigenvalue weighted by Gasteiger charge is -2.28. The average molecular weight is 277 g/mol. The van der Waals surface area contributed by atoms with Crippen molar-refractivity contribution < 1.29 is 14.3 Å². The second-order valence-corrected chi connectivity index (χ2v) is 6.18. The first-order chi connectivity index (χ1) is 9.39. The van der Waals surface area contributed by atoms with Crippen molar-refractivity contribution in [3.05, 3.63) is 29.3 Å². The molecule has 4 heteroatoms. The van der Waals surface area contributed by atoms with Crippen LogP contribution in [0.3, 0.4) is 0 Å². The molecule has 0 aliphatic heterocycles. The average Bonchev–Trinajstić information content (AvgIpc) is 2.35. The predicted molar refractivity (Wildman–Crippen MR) is 78.2 cm³/mol. The van der Waals surface area contributed by atoms with Gasteiger partial charge in [-0.15, -0.1) is 0 Å². The van der Waals surface area contributed by atoms with E-state index in [0.29, 0.717) is 0 Å². The molecule has 1 amide bonds. The highest BCUT2D eigenvalue weighted by Gasteiger charge is 2.24. The van der Waals surface area contributed by atoms with Crippen molar-refractivity contribution in [3.63, 3.8) is 0 Å². The summed E-state index contributed by atoms with van der Waals surface area (Å²) < 4.78 is 10.7. The van der Waals surface area contributed by atoms with Crippen LogP contribution < -0.4 is 10.1 Å². The molecule has 1 unspecified atom stereocenters. The molecule has 1 N–H and O–H groups in total. The third-order valence-electron chi connectivity index (χ3n) is 3.38. The van der Waals surface area contributed by atoms with Crippen molar-refractivity contribution in [3.8, 4) is 5.75 Å². The number of carbonyl (C=O) groups is 1. The topological polar surface area (TPSA) is 47.6 Å². The molecular formula is C16H23NO3. The summed E-state index contributed by atoms with van der Waals surface area (Å²) in [5.74, 6) is 0.901. The van der Waals surface area contributed by atoms with Crippen LogP contribution in [0.2, 0.25) is 0 Å². The lowest BCUT2D eigenvalue weighted by Crippen LogP contribution is -2.41. The molecule has 0 saturated carbocycles. The largest absolute Gasteiger partial charge is 0.496 e. The molecule has 1 aromatic rings. The van der Waals surface area contributed by atoms with E-state index in [2.05, 4.69) is 11.4 Å². The summed E-state index contributed by atoms with van der Waals surface area (Å²) in [6, 6.07) is 6.21. The van der Waals surface area contributed by atoms with E-state index in [1.807, 2.05) is 32.9 Å². The van der Waals surface area contributed by atoms with Gasteiger partial charge in [-0.2, -0.15) is 0 Å². The fourth-order valence-corrected chi connectivity index (χ4v) is 2.54. The van der Waals surface area contributed by atoms with Gasteiger partial charge in [0.05, 0.1) is 7.11 Å². The summed E-state index contributed by atoms with van der Waals surface area (Å²) >= 11 is 0. The number of methoxy groups -OCH3 is 1. The molecule has 4 nitrogen and oxygen atoms in total. The Hall–Kier alpha value is -1.71. The highest BCUT2D eigenvalue weighted by Crippen LogP contribution is 2.29. The molecule has 1 aromatic carbocycles. The van der Waals surface area contributed by atoms with Crippen LogP contribution in [-0.2, 0) is 17.6 Å². The van der Waals surface area contributed by atoms with E-state index >= 15 is 0 Å².